The van der Waals surface area contributed by atoms with Gasteiger partial charge in [-0.05, 0) is 19.9 Å². The topological polar surface area (TPSA) is 91.7 Å². The highest BCUT2D eigenvalue weighted by Gasteiger charge is 2.39. The molecule has 2 heterocycles. The molecule has 19 heavy (non-hydrogen) atoms. The monoisotopic (exact) mass is 266 g/mol. The zero-order valence-electron chi connectivity index (χ0n) is 11.0. The van der Waals surface area contributed by atoms with Gasteiger partial charge in [-0.3, -0.25) is 4.98 Å². The summed E-state index contributed by atoms with van der Waals surface area (Å²) >= 11 is 0. The van der Waals surface area contributed by atoms with Crippen LogP contribution in [0.3, 0.4) is 0 Å². The fraction of sp³-hybridized carbons (Fsp3) is 0.538. The van der Waals surface area contributed by atoms with Crippen LogP contribution in [0.2, 0.25) is 0 Å². The number of pyridine rings is 1. The second-order valence-corrected chi connectivity index (χ2v) is 4.90. The smallest absolute Gasteiger partial charge is 0.339 e. The molecule has 1 aliphatic heterocycles. The van der Waals surface area contributed by atoms with Gasteiger partial charge < -0.3 is 20.3 Å². The third-order valence-corrected chi connectivity index (χ3v) is 3.52. The lowest BCUT2D eigenvalue weighted by atomic mass is 9.96. The molecular weight excluding hydrogens is 248 g/mol. The molecule has 1 saturated heterocycles. The largest absolute Gasteiger partial charge is 0.478 e. The van der Waals surface area contributed by atoms with Gasteiger partial charge in [-0.15, -0.1) is 0 Å². The molecule has 0 saturated carbocycles. The van der Waals surface area contributed by atoms with E-state index in [1.165, 1.54) is 6.20 Å². The van der Waals surface area contributed by atoms with Gasteiger partial charge in [0.1, 0.15) is 11.2 Å². The summed E-state index contributed by atoms with van der Waals surface area (Å²) in [6.45, 7) is 4.36. The maximum Gasteiger partial charge on any atom is 0.339 e. The van der Waals surface area contributed by atoms with Crippen molar-refractivity contribution >= 4 is 11.7 Å². The van der Waals surface area contributed by atoms with Crippen LogP contribution in [0.15, 0.2) is 12.3 Å². The van der Waals surface area contributed by atoms with Crippen molar-refractivity contribution in [3.63, 3.8) is 0 Å². The number of aliphatic hydroxyl groups is 1. The summed E-state index contributed by atoms with van der Waals surface area (Å²) in [7, 11) is 0. The van der Waals surface area contributed by atoms with Crippen LogP contribution in [0.25, 0.3) is 0 Å². The van der Waals surface area contributed by atoms with Crippen LogP contribution in [-0.4, -0.2) is 46.0 Å². The number of nitrogens with zero attached hydrogens (tertiary/aromatic N) is 1. The lowest BCUT2D eigenvalue weighted by Crippen LogP contribution is -2.43. The average molecular weight is 266 g/mol. The molecule has 2 rings (SSSR count). The minimum absolute atomic E-state index is 0.0979. The predicted molar refractivity (Wildman–Crippen MR) is 69.4 cm³/mol. The first-order valence-electron chi connectivity index (χ1n) is 6.20. The number of aryl methyl sites for hydroxylation is 1. The van der Waals surface area contributed by atoms with Gasteiger partial charge >= 0.3 is 5.97 Å². The normalized spacial score (nSPS) is 26.4. The van der Waals surface area contributed by atoms with E-state index in [-0.39, 0.29) is 18.2 Å². The number of hydrogen-bond acceptors (Lipinski definition) is 5. The van der Waals surface area contributed by atoms with Crippen molar-refractivity contribution in [3.05, 3.63) is 23.5 Å². The van der Waals surface area contributed by atoms with E-state index in [1.54, 1.807) is 13.0 Å². The molecule has 1 aromatic rings. The van der Waals surface area contributed by atoms with Crippen LogP contribution in [-0.2, 0) is 4.74 Å². The summed E-state index contributed by atoms with van der Waals surface area (Å²) < 4.78 is 5.34. The number of anilines is 1. The Labute approximate surface area is 111 Å². The van der Waals surface area contributed by atoms with Crippen molar-refractivity contribution in [1.29, 1.82) is 0 Å². The highest BCUT2D eigenvalue weighted by molar-refractivity contribution is 5.93. The Bertz CT molecular complexity index is 492. The van der Waals surface area contributed by atoms with Gasteiger partial charge in [-0.1, -0.05) is 0 Å². The number of nitrogens with one attached hydrogen (secondary N) is 1. The standard InChI is InChI=1S/C13H18N2O4/c1-8-5-11(10(6-14-8)12(16)17)15-7-13(18)3-4-19-9(13)2/h5-6,9,18H,3-4,7H2,1-2H3,(H,14,15)(H,16,17). The summed E-state index contributed by atoms with van der Waals surface area (Å²) in [6.07, 6.45) is 1.59. The first-order valence-corrected chi connectivity index (χ1v) is 6.20. The number of carbonyl (C=O) groups is 1. The van der Waals surface area contributed by atoms with Crippen molar-refractivity contribution in [3.8, 4) is 0 Å². The molecule has 0 spiro atoms. The lowest BCUT2D eigenvalue weighted by Gasteiger charge is -2.27. The van der Waals surface area contributed by atoms with Crippen molar-refractivity contribution in [1.82, 2.24) is 4.98 Å². The molecule has 2 atom stereocenters. The van der Waals surface area contributed by atoms with E-state index < -0.39 is 11.6 Å². The number of ether oxygens (including phenoxy) is 1. The minimum Gasteiger partial charge on any atom is -0.478 e. The van der Waals surface area contributed by atoms with Crippen LogP contribution in [0.4, 0.5) is 5.69 Å². The summed E-state index contributed by atoms with van der Waals surface area (Å²) in [5, 5.41) is 22.5. The Kier molecular flexibility index (Phi) is 3.73. The summed E-state index contributed by atoms with van der Waals surface area (Å²) in [4.78, 5) is 15.1. The van der Waals surface area contributed by atoms with Crippen LogP contribution in [0.1, 0.15) is 29.4 Å². The van der Waals surface area contributed by atoms with E-state index in [2.05, 4.69) is 10.3 Å². The molecule has 0 amide bonds. The van der Waals surface area contributed by atoms with Crippen LogP contribution in [0, 0.1) is 6.92 Å². The SMILES string of the molecule is Cc1cc(NCC2(O)CCOC2C)c(C(=O)O)cn1. The highest BCUT2D eigenvalue weighted by Crippen LogP contribution is 2.26. The molecule has 1 aromatic heterocycles. The zero-order chi connectivity index (χ0) is 14.0. The van der Waals surface area contributed by atoms with Crippen molar-refractivity contribution in [2.24, 2.45) is 0 Å². The molecule has 0 aromatic carbocycles. The molecule has 0 aliphatic carbocycles. The van der Waals surface area contributed by atoms with Gasteiger partial charge in [0.15, 0.2) is 0 Å². The molecule has 6 nitrogen and oxygen atoms in total. The van der Waals surface area contributed by atoms with Gasteiger partial charge in [0.25, 0.3) is 0 Å². The fourth-order valence-corrected chi connectivity index (χ4v) is 2.13. The Morgan fingerprint density at radius 3 is 3.00 bits per heavy atom. The first kappa shape index (κ1) is 13.8. The van der Waals surface area contributed by atoms with Gasteiger partial charge in [-0.25, -0.2) is 4.79 Å². The van der Waals surface area contributed by atoms with Crippen LogP contribution < -0.4 is 5.32 Å². The number of aromatic nitrogens is 1. The molecule has 3 N–H and O–H groups in total. The third-order valence-electron chi connectivity index (χ3n) is 3.52. The predicted octanol–water partition coefficient (Wildman–Crippen LogP) is 1.04. The number of hydrogen-bond donors (Lipinski definition) is 3. The Morgan fingerprint density at radius 1 is 1.68 bits per heavy atom. The van der Waals surface area contributed by atoms with E-state index in [0.29, 0.717) is 18.7 Å². The molecule has 1 fully saturated rings. The number of rotatable bonds is 4. The molecule has 2 unspecified atom stereocenters. The highest BCUT2D eigenvalue weighted by atomic mass is 16.5. The Morgan fingerprint density at radius 2 is 2.42 bits per heavy atom. The molecular formula is C13H18N2O4. The summed E-state index contributed by atoms with van der Waals surface area (Å²) in [5.41, 5.74) is 0.316. The Hall–Kier alpha value is -1.66. The molecule has 0 bridgehead atoms. The fourth-order valence-electron chi connectivity index (χ4n) is 2.13. The van der Waals surface area contributed by atoms with Crippen molar-refractivity contribution in [2.75, 3.05) is 18.5 Å². The van der Waals surface area contributed by atoms with E-state index in [1.807, 2.05) is 6.92 Å². The quantitative estimate of drug-likeness (QED) is 0.754. The second kappa shape index (κ2) is 5.14. The third kappa shape index (κ3) is 2.85. The molecule has 0 radical (unpaired) electrons. The molecule has 1 aliphatic rings. The van der Waals surface area contributed by atoms with Crippen LogP contribution >= 0.6 is 0 Å². The summed E-state index contributed by atoms with van der Waals surface area (Å²) in [6, 6.07) is 1.66. The van der Waals surface area contributed by atoms with Gasteiger partial charge in [-0.2, -0.15) is 0 Å². The summed E-state index contributed by atoms with van der Waals surface area (Å²) in [5.74, 6) is -1.04. The number of carboxylic acids is 1. The zero-order valence-corrected chi connectivity index (χ0v) is 11.0. The van der Waals surface area contributed by atoms with E-state index in [0.717, 1.165) is 5.69 Å². The second-order valence-electron chi connectivity index (χ2n) is 4.90. The van der Waals surface area contributed by atoms with Gasteiger partial charge in [0.2, 0.25) is 0 Å². The van der Waals surface area contributed by atoms with E-state index >= 15 is 0 Å². The first-order chi connectivity index (χ1) is 8.92. The minimum atomic E-state index is -1.04. The Balaban J connectivity index is 2.15. The van der Waals surface area contributed by atoms with Crippen molar-refractivity contribution in [2.45, 2.75) is 32.0 Å². The van der Waals surface area contributed by atoms with Crippen molar-refractivity contribution < 1.29 is 19.7 Å². The average Bonchev–Trinajstić information content (AvgIpc) is 2.67. The van der Waals surface area contributed by atoms with Gasteiger partial charge in [0, 0.05) is 31.5 Å². The number of aromatic carboxylic acids is 1. The number of carboxylic acid groups (broad SMARTS) is 1. The van der Waals surface area contributed by atoms with Gasteiger partial charge in [0.05, 0.1) is 11.8 Å². The molecule has 104 valence electrons. The maximum atomic E-state index is 11.1. The maximum absolute atomic E-state index is 11.1. The lowest BCUT2D eigenvalue weighted by molar-refractivity contribution is -0.0176. The molecule has 6 heteroatoms. The van der Waals surface area contributed by atoms with Crippen LogP contribution in [0.5, 0.6) is 0 Å². The van der Waals surface area contributed by atoms with E-state index in [4.69, 9.17) is 9.84 Å². The van der Waals surface area contributed by atoms with E-state index in [9.17, 15) is 9.90 Å².